The summed E-state index contributed by atoms with van der Waals surface area (Å²) >= 11 is 3.09. The lowest BCUT2D eigenvalue weighted by atomic mass is 9.92. The molecule has 0 radical (unpaired) electrons. The zero-order valence-corrected chi connectivity index (χ0v) is 27.8. The van der Waals surface area contributed by atoms with Gasteiger partial charge in [-0.3, -0.25) is 14.4 Å². The Kier molecular flexibility index (Phi) is 7.11. The van der Waals surface area contributed by atoms with Crippen molar-refractivity contribution >= 4 is 55.9 Å². The van der Waals surface area contributed by atoms with Crippen LogP contribution in [-0.2, 0) is 16.1 Å². The topological polar surface area (TPSA) is 114 Å². The Balaban J connectivity index is 1.22. The monoisotopic (exact) mass is 685 g/mol. The Morgan fingerprint density at radius 2 is 1.87 bits per heavy atom. The van der Waals surface area contributed by atoms with Crippen molar-refractivity contribution in [2.24, 2.45) is 5.41 Å². The zero-order chi connectivity index (χ0) is 32.7. The highest BCUT2D eigenvalue weighted by Crippen LogP contribution is 2.57. The number of aromatic nitrogens is 5. The van der Waals surface area contributed by atoms with Crippen molar-refractivity contribution in [3.8, 4) is 11.1 Å². The molecule has 236 valence electrons. The molecule has 0 spiro atoms. The molecule has 1 aliphatic heterocycles. The molecule has 1 saturated heterocycles. The van der Waals surface area contributed by atoms with E-state index in [0.29, 0.717) is 17.5 Å². The maximum absolute atomic E-state index is 14.2. The Morgan fingerprint density at radius 3 is 2.63 bits per heavy atom. The van der Waals surface area contributed by atoms with Crippen molar-refractivity contribution < 1.29 is 18.8 Å². The summed E-state index contributed by atoms with van der Waals surface area (Å²) in [5.74, 6) is -0.923. The van der Waals surface area contributed by atoms with Crippen LogP contribution in [-0.4, -0.2) is 58.7 Å². The summed E-state index contributed by atoms with van der Waals surface area (Å²) in [5, 5.41) is 8.07. The van der Waals surface area contributed by atoms with E-state index in [1.54, 1.807) is 28.7 Å². The highest BCUT2D eigenvalue weighted by atomic mass is 79.9. The van der Waals surface area contributed by atoms with Crippen LogP contribution in [0.2, 0.25) is 0 Å². The lowest BCUT2D eigenvalue weighted by molar-refractivity contribution is -0.142. The minimum Gasteiger partial charge on any atom is -0.337 e. The number of pyridine rings is 1. The molecule has 1 saturated carbocycles. The number of rotatable bonds is 6. The number of Topliss-reactive ketones (excluding diaryl/α,β-unsaturated/α-hetero) is 1. The summed E-state index contributed by atoms with van der Waals surface area (Å²) < 4.78 is 17.6. The van der Waals surface area contributed by atoms with Gasteiger partial charge < -0.3 is 14.8 Å². The number of carbonyl (C=O) groups is 3. The van der Waals surface area contributed by atoms with Crippen LogP contribution in [0.15, 0.2) is 47.5 Å². The van der Waals surface area contributed by atoms with Crippen LogP contribution in [0.3, 0.4) is 0 Å². The lowest BCUT2D eigenvalue weighted by Gasteiger charge is -2.37. The Hall–Kier alpha value is -4.45. The first-order valence-corrected chi connectivity index (χ1v) is 16.0. The highest BCUT2D eigenvalue weighted by molar-refractivity contribution is 9.10. The van der Waals surface area contributed by atoms with Gasteiger partial charge in [0, 0.05) is 47.2 Å². The fourth-order valence-electron chi connectivity index (χ4n) is 7.00. The number of aryl methyl sites for hydroxylation is 3. The molecule has 5 heterocycles. The van der Waals surface area contributed by atoms with Crippen LogP contribution in [0.5, 0.6) is 0 Å². The maximum Gasteiger partial charge on any atom is 0.248 e. The van der Waals surface area contributed by atoms with Gasteiger partial charge in [0.05, 0.1) is 11.2 Å². The summed E-state index contributed by atoms with van der Waals surface area (Å²) in [6, 6.07) is 6.44. The van der Waals surface area contributed by atoms with E-state index in [4.69, 9.17) is 0 Å². The zero-order valence-electron chi connectivity index (χ0n) is 26.2. The Morgan fingerprint density at radius 1 is 1.09 bits per heavy atom. The van der Waals surface area contributed by atoms with Gasteiger partial charge in [0.15, 0.2) is 17.2 Å². The minimum atomic E-state index is -0.701. The molecule has 10 nitrogen and oxygen atoms in total. The van der Waals surface area contributed by atoms with E-state index < -0.39 is 11.9 Å². The third kappa shape index (κ3) is 5.08. The molecule has 1 aliphatic carbocycles. The number of piperidine rings is 1. The van der Waals surface area contributed by atoms with E-state index in [2.05, 4.69) is 43.2 Å². The largest absolute Gasteiger partial charge is 0.337 e. The number of hydrogen-bond acceptors (Lipinski definition) is 6. The third-order valence-electron chi connectivity index (χ3n) is 9.54. The second kappa shape index (κ2) is 10.8. The van der Waals surface area contributed by atoms with E-state index in [-0.39, 0.29) is 46.0 Å². The highest BCUT2D eigenvalue weighted by Gasteiger charge is 2.60. The average Bonchev–Trinajstić information content (AvgIpc) is 3.33. The first-order valence-electron chi connectivity index (χ1n) is 15.2. The number of hydrogen-bond donors (Lipinski definition) is 1. The summed E-state index contributed by atoms with van der Waals surface area (Å²) in [6.45, 7) is 9.19. The fraction of sp³-hybridized carbons (Fsp3) is 0.353. The molecule has 12 heteroatoms. The Bertz CT molecular complexity index is 2120. The molecule has 46 heavy (non-hydrogen) atoms. The molecule has 7 rings (SSSR count). The van der Waals surface area contributed by atoms with Crippen molar-refractivity contribution in [3.63, 3.8) is 0 Å². The maximum atomic E-state index is 14.2. The number of benzene rings is 1. The number of anilines is 1. The number of amides is 2. The summed E-state index contributed by atoms with van der Waals surface area (Å²) in [6.07, 6.45) is 7.60. The SMILES string of the molecule is CC(=O)c1cn(CC(=O)N2[C@H](C(=O)Nc3nc(Br)c(F)cc3C)CC[C@@]3(C)C[C@@H]23)c2c(C)cc(-c3cnc4cc(C)nn4c3)cc12. The van der Waals surface area contributed by atoms with Crippen molar-refractivity contribution in [3.05, 3.63) is 75.7 Å². The summed E-state index contributed by atoms with van der Waals surface area (Å²) in [4.78, 5) is 51.1. The van der Waals surface area contributed by atoms with Crippen LogP contribution in [0, 0.1) is 32.0 Å². The molecular weight excluding hydrogens is 653 g/mol. The van der Waals surface area contributed by atoms with E-state index >= 15 is 0 Å². The molecule has 5 aromatic rings. The van der Waals surface area contributed by atoms with Crippen LogP contribution in [0.4, 0.5) is 10.2 Å². The predicted molar refractivity (Wildman–Crippen MR) is 175 cm³/mol. The number of carbonyl (C=O) groups excluding carboxylic acids is 3. The number of nitrogens with one attached hydrogen (secondary N) is 1. The van der Waals surface area contributed by atoms with Crippen LogP contribution < -0.4 is 5.32 Å². The number of nitrogens with zero attached hydrogens (tertiary/aromatic N) is 6. The second-order valence-corrected chi connectivity index (χ2v) is 13.7. The number of halogens is 2. The van der Waals surface area contributed by atoms with Gasteiger partial charge >= 0.3 is 0 Å². The summed E-state index contributed by atoms with van der Waals surface area (Å²) in [7, 11) is 0. The van der Waals surface area contributed by atoms with E-state index in [1.165, 1.54) is 13.0 Å². The smallest absolute Gasteiger partial charge is 0.248 e. The third-order valence-corrected chi connectivity index (χ3v) is 10.1. The van der Waals surface area contributed by atoms with Gasteiger partial charge in [0.1, 0.15) is 23.0 Å². The molecule has 4 aromatic heterocycles. The molecule has 2 fully saturated rings. The first-order chi connectivity index (χ1) is 21.8. The fourth-order valence-corrected chi connectivity index (χ4v) is 7.29. The molecular formula is C34H33BrFN7O3. The van der Waals surface area contributed by atoms with Gasteiger partial charge in [0.2, 0.25) is 11.8 Å². The molecule has 2 aliphatic rings. The normalized spacial score (nSPS) is 20.6. The lowest BCUT2D eigenvalue weighted by Crippen LogP contribution is -2.53. The molecule has 0 bridgehead atoms. The Labute approximate surface area is 273 Å². The van der Waals surface area contributed by atoms with Gasteiger partial charge in [-0.05, 0) is 103 Å². The van der Waals surface area contributed by atoms with Crippen molar-refractivity contribution in [1.82, 2.24) is 29.0 Å². The summed E-state index contributed by atoms with van der Waals surface area (Å²) in [5.41, 5.74) is 6.02. The molecule has 1 aromatic carbocycles. The second-order valence-electron chi connectivity index (χ2n) is 13.0. The molecule has 3 atom stereocenters. The quantitative estimate of drug-likeness (QED) is 0.169. The van der Waals surface area contributed by atoms with Crippen molar-refractivity contribution in [2.45, 2.75) is 72.5 Å². The molecule has 2 amide bonds. The van der Waals surface area contributed by atoms with Crippen molar-refractivity contribution in [1.29, 1.82) is 0 Å². The standard InChI is InChI=1S/C34H33BrFN7O3/c1-17-8-21(22-13-37-28-10-19(3)40-42(28)14-22)11-23-24(20(4)44)15-41(30(17)23)16-29(45)43-26(6-7-34(5)12-27(34)43)33(46)39-32-18(2)9-25(36)31(35)38-32/h8-11,13-15,26-27H,6-7,12,16H2,1-5H3,(H,38,39,46)/t26-,27+,34-/m0/s1. The average molecular weight is 687 g/mol. The molecule has 0 unspecified atom stereocenters. The van der Waals surface area contributed by atoms with Crippen LogP contribution >= 0.6 is 15.9 Å². The van der Waals surface area contributed by atoms with Crippen LogP contribution in [0.25, 0.3) is 27.7 Å². The minimum absolute atomic E-state index is 0.00679. The number of ketones is 1. The van der Waals surface area contributed by atoms with E-state index in [1.807, 2.05) is 42.8 Å². The van der Waals surface area contributed by atoms with E-state index in [0.717, 1.165) is 51.8 Å². The van der Waals surface area contributed by atoms with Gasteiger partial charge in [-0.2, -0.15) is 5.10 Å². The van der Waals surface area contributed by atoms with Gasteiger partial charge in [-0.1, -0.05) is 6.92 Å². The number of likely N-dealkylation sites (tertiary alicyclic amines) is 1. The van der Waals surface area contributed by atoms with Gasteiger partial charge in [-0.15, -0.1) is 0 Å². The molecule has 1 N–H and O–H groups in total. The van der Waals surface area contributed by atoms with Gasteiger partial charge in [-0.25, -0.2) is 18.9 Å². The van der Waals surface area contributed by atoms with E-state index in [9.17, 15) is 18.8 Å². The predicted octanol–water partition coefficient (Wildman–Crippen LogP) is 6.18. The first kappa shape index (κ1) is 30.2. The van der Waals surface area contributed by atoms with Crippen molar-refractivity contribution in [2.75, 3.05) is 5.32 Å². The van der Waals surface area contributed by atoms with Gasteiger partial charge in [0.25, 0.3) is 0 Å². The number of fused-ring (bicyclic) bond motifs is 3. The van der Waals surface area contributed by atoms with Crippen LogP contribution in [0.1, 0.15) is 60.3 Å².